The highest BCUT2D eigenvalue weighted by atomic mass is 16.3. The summed E-state index contributed by atoms with van der Waals surface area (Å²) in [5, 5.41) is 3.19. The van der Waals surface area contributed by atoms with Crippen molar-refractivity contribution in [1.29, 1.82) is 0 Å². The molecule has 120 valence electrons. The number of hydrogen-bond donors (Lipinski definition) is 1. The molecule has 0 bridgehead atoms. The number of carbonyl (C=O) groups excluding carboxylic acids is 1. The first-order valence-corrected chi connectivity index (χ1v) is 8.26. The van der Waals surface area contributed by atoms with Crippen molar-refractivity contribution in [2.45, 2.75) is 24.3 Å². The van der Waals surface area contributed by atoms with Gasteiger partial charge in [-0.25, -0.2) is 0 Å². The van der Waals surface area contributed by atoms with Gasteiger partial charge in [-0.2, -0.15) is 0 Å². The molecule has 1 aromatic heterocycles. The lowest BCUT2D eigenvalue weighted by atomic mass is 9.76. The number of amides is 1. The predicted molar refractivity (Wildman–Crippen MR) is 92.6 cm³/mol. The van der Waals surface area contributed by atoms with Gasteiger partial charge < -0.3 is 9.73 Å². The van der Waals surface area contributed by atoms with Crippen LogP contribution in [0.3, 0.4) is 0 Å². The van der Waals surface area contributed by atoms with E-state index < -0.39 is 0 Å². The van der Waals surface area contributed by atoms with Crippen molar-refractivity contribution in [1.82, 2.24) is 5.32 Å². The first-order chi connectivity index (χ1) is 11.8. The zero-order valence-corrected chi connectivity index (χ0v) is 13.3. The maximum absolute atomic E-state index is 12.9. The van der Waals surface area contributed by atoms with E-state index in [0.29, 0.717) is 0 Å². The van der Waals surface area contributed by atoms with Crippen molar-refractivity contribution in [2.75, 3.05) is 0 Å². The molecule has 4 rings (SSSR count). The Bertz CT molecular complexity index is 796. The van der Waals surface area contributed by atoms with Crippen LogP contribution in [0, 0.1) is 0 Å². The monoisotopic (exact) mass is 317 g/mol. The molecule has 3 aromatic rings. The van der Waals surface area contributed by atoms with Crippen LogP contribution in [0.1, 0.15) is 41.2 Å². The largest absolute Gasteiger partial charge is 0.469 e. The second kappa shape index (κ2) is 6.36. The Morgan fingerprint density at radius 2 is 1.50 bits per heavy atom. The van der Waals surface area contributed by atoms with Gasteiger partial charge in [0.05, 0.1) is 18.2 Å². The van der Waals surface area contributed by atoms with Crippen LogP contribution in [0.15, 0.2) is 83.5 Å². The molecule has 1 aliphatic rings. The SMILES string of the molecule is O=C1NC(c2ccccc2)CC(c2ccco2)C1c1ccccc1. The van der Waals surface area contributed by atoms with Crippen LogP contribution in [0.25, 0.3) is 0 Å². The Labute approximate surface area is 141 Å². The molecule has 3 heteroatoms. The van der Waals surface area contributed by atoms with Crippen molar-refractivity contribution < 1.29 is 9.21 Å². The van der Waals surface area contributed by atoms with Gasteiger partial charge in [-0.05, 0) is 29.7 Å². The molecule has 0 aliphatic carbocycles. The highest BCUT2D eigenvalue weighted by Gasteiger charge is 2.40. The van der Waals surface area contributed by atoms with Gasteiger partial charge in [0.15, 0.2) is 0 Å². The van der Waals surface area contributed by atoms with E-state index >= 15 is 0 Å². The molecule has 1 saturated heterocycles. The van der Waals surface area contributed by atoms with Gasteiger partial charge in [-0.1, -0.05) is 60.7 Å². The Kier molecular flexibility index (Phi) is 3.91. The molecule has 1 fully saturated rings. The van der Waals surface area contributed by atoms with Gasteiger partial charge in [-0.3, -0.25) is 4.79 Å². The minimum absolute atomic E-state index is 0.00811. The lowest BCUT2D eigenvalue weighted by molar-refractivity contribution is -0.126. The summed E-state index contributed by atoms with van der Waals surface area (Å²) in [5.41, 5.74) is 2.16. The van der Waals surface area contributed by atoms with E-state index in [1.165, 1.54) is 0 Å². The van der Waals surface area contributed by atoms with E-state index in [2.05, 4.69) is 17.4 Å². The highest BCUT2D eigenvalue weighted by Crippen LogP contribution is 2.43. The summed E-state index contributed by atoms with van der Waals surface area (Å²) in [4.78, 5) is 12.9. The average Bonchev–Trinajstić information content (AvgIpc) is 3.17. The lowest BCUT2D eigenvalue weighted by Gasteiger charge is -2.35. The molecule has 2 aromatic carbocycles. The minimum atomic E-state index is -0.225. The van der Waals surface area contributed by atoms with Gasteiger partial charge in [0.1, 0.15) is 5.76 Å². The molecule has 0 saturated carbocycles. The smallest absolute Gasteiger partial charge is 0.228 e. The van der Waals surface area contributed by atoms with E-state index in [4.69, 9.17) is 4.42 Å². The molecule has 3 atom stereocenters. The molecular formula is C21H19NO2. The molecule has 1 aliphatic heterocycles. The molecule has 3 nitrogen and oxygen atoms in total. The molecule has 0 radical (unpaired) electrons. The normalized spacial score (nSPS) is 23.7. The van der Waals surface area contributed by atoms with Crippen LogP contribution in [-0.4, -0.2) is 5.91 Å². The second-order valence-electron chi connectivity index (χ2n) is 6.22. The van der Waals surface area contributed by atoms with Crippen LogP contribution < -0.4 is 5.32 Å². The van der Waals surface area contributed by atoms with E-state index in [-0.39, 0.29) is 23.8 Å². The zero-order valence-electron chi connectivity index (χ0n) is 13.3. The first-order valence-electron chi connectivity index (χ1n) is 8.26. The van der Waals surface area contributed by atoms with Gasteiger partial charge in [0, 0.05) is 5.92 Å². The lowest BCUT2D eigenvalue weighted by Crippen LogP contribution is -2.41. The van der Waals surface area contributed by atoms with Crippen molar-refractivity contribution in [2.24, 2.45) is 0 Å². The Hall–Kier alpha value is -2.81. The number of hydrogen-bond acceptors (Lipinski definition) is 2. The van der Waals surface area contributed by atoms with Crippen LogP contribution in [0.5, 0.6) is 0 Å². The number of piperidine rings is 1. The third kappa shape index (κ3) is 2.73. The Balaban J connectivity index is 1.72. The van der Waals surface area contributed by atoms with Crippen LogP contribution in [0.4, 0.5) is 0 Å². The number of rotatable bonds is 3. The van der Waals surface area contributed by atoms with Gasteiger partial charge >= 0.3 is 0 Å². The third-order valence-corrected chi connectivity index (χ3v) is 4.76. The Morgan fingerprint density at radius 1 is 0.833 bits per heavy atom. The molecule has 0 spiro atoms. The maximum Gasteiger partial charge on any atom is 0.228 e. The average molecular weight is 317 g/mol. The van der Waals surface area contributed by atoms with E-state index in [1.807, 2.05) is 60.7 Å². The third-order valence-electron chi connectivity index (χ3n) is 4.76. The summed E-state index contributed by atoms with van der Waals surface area (Å²) >= 11 is 0. The van der Waals surface area contributed by atoms with Crippen molar-refractivity contribution in [3.63, 3.8) is 0 Å². The van der Waals surface area contributed by atoms with Crippen LogP contribution in [0.2, 0.25) is 0 Å². The molecule has 1 amide bonds. The van der Waals surface area contributed by atoms with E-state index in [0.717, 1.165) is 23.3 Å². The fraction of sp³-hybridized carbons (Fsp3) is 0.190. The Morgan fingerprint density at radius 3 is 2.12 bits per heavy atom. The van der Waals surface area contributed by atoms with Crippen LogP contribution >= 0.6 is 0 Å². The molecule has 2 heterocycles. The molecule has 1 N–H and O–H groups in total. The van der Waals surface area contributed by atoms with Gasteiger partial charge in [-0.15, -0.1) is 0 Å². The van der Waals surface area contributed by atoms with Crippen molar-refractivity contribution in [3.8, 4) is 0 Å². The number of carbonyl (C=O) groups is 1. The first kappa shape index (κ1) is 14.8. The zero-order chi connectivity index (χ0) is 16.4. The van der Waals surface area contributed by atoms with Crippen LogP contribution in [-0.2, 0) is 4.79 Å². The standard InChI is InChI=1S/C21H19NO2/c23-21-20(16-10-5-2-6-11-16)17(19-12-7-13-24-19)14-18(22-21)15-8-3-1-4-9-15/h1-13,17-18,20H,14H2,(H,22,23). The van der Waals surface area contributed by atoms with Crippen molar-refractivity contribution in [3.05, 3.63) is 95.9 Å². The van der Waals surface area contributed by atoms with Crippen molar-refractivity contribution >= 4 is 5.91 Å². The fourth-order valence-corrected chi connectivity index (χ4v) is 3.62. The number of furan rings is 1. The molecule has 3 unspecified atom stereocenters. The molecular weight excluding hydrogens is 298 g/mol. The summed E-state index contributed by atoms with van der Waals surface area (Å²) in [5.74, 6) is 0.737. The highest BCUT2D eigenvalue weighted by molar-refractivity contribution is 5.86. The summed E-state index contributed by atoms with van der Waals surface area (Å²) in [6, 6.07) is 24.0. The molecule has 24 heavy (non-hydrogen) atoms. The summed E-state index contributed by atoms with van der Waals surface area (Å²) < 4.78 is 5.68. The summed E-state index contributed by atoms with van der Waals surface area (Å²) in [6.07, 6.45) is 2.50. The topological polar surface area (TPSA) is 42.2 Å². The number of nitrogens with one attached hydrogen (secondary N) is 1. The van der Waals surface area contributed by atoms with Gasteiger partial charge in [0.25, 0.3) is 0 Å². The summed E-state index contributed by atoms with van der Waals surface area (Å²) in [7, 11) is 0. The fourth-order valence-electron chi connectivity index (χ4n) is 3.62. The predicted octanol–water partition coefficient (Wildman–Crippen LogP) is 4.41. The maximum atomic E-state index is 12.9. The second-order valence-corrected chi connectivity index (χ2v) is 6.22. The summed E-state index contributed by atoms with van der Waals surface area (Å²) in [6.45, 7) is 0. The number of benzene rings is 2. The van der Waals surface area contributed by atoms with E-state index in [1.54, 1.807) is 6.26 Å². The van der Waals surface area contributed by atoms with E-state index in [9.17, 15) is 4.79 Å². The quantitative estimate of drug-likeness (QED) is 0.777. The van der Waals surface area contributed by atoms with Gasteiger partial charge in [0.2, 0.25) is 5.91 Å². The minimum Gasteiger partial charge on any atom is -0.469 e.